The van der Waals surface area contributed by atoms with Gasteiger partial charge in [-0.05, 0) is 61.1 Å². The number of carbonyl (C=O) groups excluding carboxylic acids is 2. The molecule has 0 unspecified atom stereocenters. The van der Waals surface area contributed by atoms with Crippen molar-refractivity contribution in [3.05, 3.63) is 12.7 Å². The molecule has 4 heterocycles. The molecule has 0 N–H and O–H groups in total. The summed E-state index contributed by atoms with van der Waals surface area (Å²) in [6.07, 6.45) is -0.630. The molecule has 0 spiro atoms. The predicted octanol–water partition coefficient (Wildman–Crippen LogP) is 6.80. The average molecular weight is 1020 g/mol. The quantitative estimate of drug-likeness (QED) is 0.0530. The molecule has 0 radical (unpaired) electrons. The summed E-state index contributed by atoms with van der Waals surface area (Å²) >= 11 is 0. The van der Waals surface area contributed by atoms with Crippen molar-refractivity contribution in [2.45, 2.75) is 215 Å². The fraction of sp³-hybridized carbons (Fsp3) is 0.923. The minimum absolute atomic E-state index is 0.0194. The van der Waals surface area contributed by atoms with Crippen LogP contribution in [0.15, 0.2) is 12.7 Å². The average Bonchev–Trinajstić information content (AvgIpc) is 4.24. The van der Waals surface area contributed by atoms with Crippen molar-refractivity contribution in [1.82, 2.24) is 0 Å². The maximum Gasteiger partial charge on any atom is 0.308 e. The molecule has 4 aliphatic heterocycles. The van der Waals surface area contributed by atoms with Crippen LogP contribution in [0, 0.1) is 29.6 Å². The van der Waals surface area contributed by atoms with E-state index in [4.69, 9.17) is 70.7 Å². The fourth-order valence-electron chi connectivity index (χ4n) is 10.9. The number of hydrogen-bond donors (Lipinski definition) is 0. The molecular weight excluding hydrogens is 925 g/mol. The summed E-state index contributed by atoms with van der Waals surface area (Å²) in [4.78, 5) is 27.4. The monoisotopic (exact) mass is 1010 g/mol. The van der Waals surface area contributed by atoms with Gasteiger partial charge in [0.15, 0.2) is 20.9 Å². The normalized spacial score (nSPS) is 39.9. The number of ether oxygens (including phenoxy) is 14. The van der Waals surface area contributed by atoms with E-state index in [0.29, 0.717) is 49.9 Å². The Morgan fingerprint density at radius 1 is 0.643 bits per heavy atom. The number of esters is 2. The molecule has 2 saturated carbocycles. The van der Waals surface area contributed by atoms with Crippen LogP contribution in [0.3, 0.4) is 0 Å². The first-order valence-corrected chi connectivity index (χ1v) is 28.8. The lowest BCUT2D eigenvalue weighted by Crippen LogP contribution is -2.58. The molecule has 0 aromatic carbocycles. The van der Waals surface area contributed by atoms with Gasteiger partial charge < -0.3 is 70.7 Å². The molecule has 70 heavy (non-hydrogen) atoms. The summed E-state index contributed by atoms with van der Waals surface area (Å²) in [5, 5.41) is 0.0396. The van der Waals surface area contributed by atoms with E-state index in [1.54, 1.807) is 42.7 Å². The van der Waals surface area contributed by atoms with Crippen LogP contribution in [0.2, 0.25) is 18.1 Å². The van der Waals surface area contributed by atoms with Crippen molar-refractivity contribution >= 4 is 20.3 Å². The van der Waals surface area contributed by atoms with Crippen molar-refractivity contribution in [2.75, 3.05) is 62.5 Å². The van der Waals surface area contributed by atoms with E-state index in [1.165, 1.54) is 6.08 Å². The number of methoxy groups -OCH3 is 6. The minimum Gasteiger partial charge on any atom is -0.462 e. The molecule has 0 aromatic heterocycles. The third kappa shape index (κ3) is 14.8. The van der Waals surface area contributed by atoms with Gasteiger partial charge in [-0.25, -0.2) is 0 Å². The van der Waals surface area contributed by atoms with Gasteiger partial charge in [0.25, 0.3) is 0 Å². The SMILES string of the molecule is C=CCOC(=O)C[C@H]1C[C@@H](O[C@@H]2OC[C@@H](OC)[C@H](OC)[C@H]2OC)C[C@@H](C[C@H](OC(=O)C[C@@H]2O[C@H](C[C@H](O[Si](C)(C)C(C)(C)C)[C@@H]3C[C@H]3C)C[C@H](O[C@@H]3OC[C@@H](OC)[C@H](OC)[C@H]3OC)[C@H]2C)[C@@H]2C[C@H]2C)O1. The van der Waals surface area contributed by atoms with Gasteiger partial charge in [0.1, 0.15) is 49.3 Å². The van der Waals surface area contributed by atoms with Crippen LogP contribution in [0.4, 0.5) is 0 Å². The Kier molecular flexibility index (Phi) is 21.2. The highest BCUT2D eigenvalue weighted by atomic mass is 28.4. The van der Waals surface area contributed by atoms with Gasteiger partial charge in [0.2, 0.25) is 0 Å². The lowest BCUT2D eigenvalue weighted by Gasteiger charge is -2.46. The topological polar surface area (TPSA) is 173 Å². The van der Waals surface area contributed by atoms with E-state index in [1.807, 2.05) is 0 Å². The largest absolute Gasteiger partial charge is 0.462 e. The summed E-state index contributed by atoms with van der Waals surface area (Å²) < 4.78 is 93.5. The predicted molar refractivity (Wildman–Crippen MR) is 260 cm³/mol. The van der Waals surface area contributed by atoms with Crippen LogP contribution < -0.4 is 0 Å². The molecule has 4 saturated heterocycles. The van der Waals surface area contributed by atoms with E-state index >= 15 is 0 Å². The first-order chi connectivity index (χ1) is 33.3. The Hall–Kier alpha value is -1.62. The Morgan fingerprint density at radius 2 is 1.16 bits per heavy atom. The zero-order valence-corrected chi connectivity index (χ0v) is 45.8. The Labute approximate surface area is 419 Å². The van der Waals surface area contributed by atoms with Crippen molar-refractivity contribution in [3.63, 3.8) is 0 Å². The first kappa shape index (κ1) is 57.7. The Bertz CT molecular complexity index is 1650. The smallest absolute Gasteiger partial charge is 0.308 e. The van der Waals surface area contributed by atoms with Gasteiger partial charge in [0.05, 0.1) is 68.8 Å². The lowest BCUT2D eigenvalue weighted by atomic mass is 9.86. The van der Waals surface area contributed by atoms with Gasteiger partial charge in [0, 0.05) is 74.3 Å². The summed E-state index contributed by atoms with van der Waals surface area (Å²) in [5.41, 5.74) is 0. The molecule has 0 aromatic rings. The summed E-state index contributed by atoms with van der Waals surface area (Å²) in [6, 6.07) is 0. The van der Waals surface area contributed by atoms with E-state index in [2.05, 4.69) is 61.2 Å². The van der Waals surface area contributed by atoms with Crippen LogP contribution in [0.5, 0.6) is 0 Å². The van der Waals surface area contributed by atoms with Gasteiger partial charge in [-0.3, -0.25) is 9.59 Å². The molecule has 0 bridgehead atoms. The molecule has 6 rings (SSSR count). The van der Waals surface area contributed by atoms with E-state index in [0.717, 1.165) is 12.8 Å². The molecular formula is C52H90O17Si. The zero-order chi connectivity index (χ0) is 51.1. The van der Waals surface area contributed by atoms with Gasteiger partial charge >= 0.3 is 11.9 Å². The highest BCUT2D eigenvalue weighted by molar-refractivity contribution is 6.74. The molecule has 21 atom stereocenters. The van der Waals surface area contributed by atoms with Crippen LogP contribution in [0.1, 0.15) is 99.3 Å². The van der Waals surface area contributed by atoms with E-state index < -0.39 is 75.7 Å². The van der Waals surface area contributed by atoms with Crippen molar-refractivity contribution < 1.29 is 80.3 Å². The second-order valence-corrected chi connectivity index (χ2v) is 27.2. The summed E-state index contributed by atoms with van der Waals surface area (Å²) in [5.74, 6) is 0.580. The van der Waals surface area contributed by atoms with Crippen molar-refractivity contribution in [2.24, 2.45) is 29.6 Å². The van der Waals surface area contributed by atoms with Gasteiger partial charge in [-0.1, -0.05) is 54.2 Å². The highest BCUT2D eigenvalue weighted by Gasteiger charge is 2.52. The molecule has 17 nitrogen and oxygen atoms in total. The third-order valence-electron chi connectivity index (χ3n) is 16.5. The highest BCUT2D eigenvalue weighted by Crippen LogP contribution is 2.49. The minimum atomic E-state index is -2.13. The lowest BCUT2D eigenvalue weighted by molar-refractivity contribution is -0.309. The summed E-state index contributed by atoms with van der Waals surface area (Å²) in [7, 11) is 7.58. The molecule has 0 amide bonds. The number of hydrogen-bond acceptors (Lipinski definition) is 17. The van der Waals surface area contributed by atoms with E-state index in [9.17, 15) is 9.59 Å². The zero-order valence-electron chi connectivity index (χ0n) is 44.8. The summed E-state index contributed by atoms with van der Waals surface area (Å²) in [6.45, 7) is 22.3. The fourth-order valence-corrected chi connectivity index (χ4v) is 12.3. The van der Waals surface area contributed by atoms with Crippen molar-refractivity contribution in [1.29, 1.82) is 0 Å². The molecule has 2 aliphatic carbocycles. The van der Waals surface area contributed by atoms with Crippen LogP contribution >= 0.6 is 0 Å². The van der Waals surface area contributed by atoms with Crippen LogP contribution in [0.25, 0.3) is 0 Å². The number of rotatable bonds is 25. The maximum absolute atomic E-state index is 14.5. The first-order valence-electron chi connectivity index (χ1n) is 25.9. The molecule has 6 aliphatic rings. The van der Waals surface area contributed by atoms with Crippen molar-refractivity contribution in [3.8, 4) is 0 Å². The van der Waals surface area contributed by atoms with Crippen LogP contribution in [-0.2, 0) is 80.3 Å². The standard InChI is InChI=1S/C52H90O17Si/c1-16-17-61-44(53)25-34-21-32(66-50-48(59-12)46(57-10)42(55-8)27-62-50)20-33(64-34)23-40(36-18-29(36)2)67-45(54)26-39-31(4)38(68-51-49(60-13)47(58-11)43(56-9)28-63-51)22-35(65-39)24-41(37-19-30(37)3)69-70(14,15)52(5,6)7/h16,29-43,46-51H,1,17-28H2,2-15H3/t29-,30-,31-,32+,33+,34-,35+,36-,37-,38+,39+,40+,41+,42-,43-,46+,47+,48-,49-,50+,51+/m1/s1. The Morgan fingerprint density at radius 3 is 1.67 bits per heavy atom. The second-order valence-electron chi connectivity index (χ2n) is 22.5. The Balaban J connectivity index is 1.19. The van der Waals surface area contributed by atoms with Gasteiger partial charge in [-0.2, -0.15) is 0 Å². The maximum atomic E-state index is 14.5. The van der Waals surface area contributed by atoms with E-state index in [-0.39, 0.29) is 92.1 Å². The van der Waals surface area contributed by atoms with Crippen LogP contribution in [-0.4, -0.2) is 181 Å². The van der Waals surface area contributed by atoms with Gasteiger partial charge in [-0.15, -0.1) is 0 Å². The third-order valence-corrected chi connectivity index (χ3v) is 21.0. The number of carbonyl (C=O) groups is 2. The molecule has 404 valence electrons. The second kappa shape index (κ2) is 25.7. The molecule has 18 heteroatoms. The molecule has 6 fully saturated rings.